The highest BCUT2D eigenvalue weighted by Gasteiger charge is 2.46. The van der Waals surface area contributed by atoms with Gasteiger partial charge in [0.05, 0.1) is 5.41 Å². The predicted octanol–water partition coefficient (Wildman–Crippen LogP) is 16.5. The van der Waals surface area contributed by atoms with E-state index in [4.69, 9.17) is 15.0 Å². The molecule has 0 aliphatic heterocycles. The standard InChI is InChI=1S/C66H43N3/c1-3-25-53(26-4-1)66(54-27-5-2-6-28-54)61-34-12-11-31-59(61)60-40-39-52(43-62(60)66)65-68-63(67-64(69-65)51-24-14-22-49(42-51)58-33-16-20-46-18-8-10-30-56(46)58)50-23-13-21-48(41-50)44-35-37-47(38-36-44)57-32-15-19-45-17-7-9-29-55(45)57/h1-43H. The zero-order valence-corrected chi connectivity index (χ0v) is 37.7. The van der Waals surface area contributed by atoms with E-state index in [2.05, 4.69) is 261 Å². The largest absolute Gasteiger partial charge is 0.208 e. The quantitative estimate of drug-likeness (QED) is 0.153. The third-order valence-corrected chi connectivity index (χ3v) is 14.0. The summed E-state index contributed by atoms with van der Waals surface area (Å²) < 4.78 is 0. The van der Waals surface area contributed by atoms with Crippen LogP contribution in [0.3, 0.4) is 0 Å². The van der Waals surface area contributed by atoms with Gasteiger partial charge >= 0.3 is 0 Å². The summed E-state index contributed by atoms with van der Waals surface area (Å²) in [6, 6.07) is 93.7. The molecule has 0 N–H and O–H groups in total. The molecule has 12 aromatic rings. The lowest BCUT2D eigenvalue weighted by molar-refractivity contribution is 0.768. The molecule has 0 bridgehead atoms. The van der Waals surface area contributed by atoms with Gasteiger partial charge in [0.15, 0.2) is 17.5 Å². The van der Waals surface area contributed by atoms with Crippen molar-refractivity contribution in [2.75, 3.05) is 0 Å². The van der Waals surface area contributed by atoms with Gasteiger partial charge in [-0.25, -0.2) is 15.0 Å². The zero-order chi connectivity index (χ0) is 45.7. The molecule has 0 saturated carbocycles. The van der Waals surface area contributed by atoms with Crippen molar-refractivity contribution in [1.29, 1.82) is 0 Å². The van der Waals surface area contributed by atoms with E-state index in [-0.39, 0.29) is 0 Å². The van der Waals surface area contributed by atoms with E-state index < -0.39 is 5.41 Å². The van der Waals surface area contributed by atoms with E-state index in [0.717, 1.165) is 33.4 Å². The van der Waals surface area contributed by atoms with Crippen LogP contribution in [0, 0.1) is 0 Å². The summed E-state index contributed by atoms with van der Waals surface area (Å²) >= 11 is 0. The topological polar surface area (TPSA) is 38.7 Å². The molecule has 3 nitrogen and oxygen atoms in total. The molecule has 0 unspecified atom stereocenters. The monoisotopic (exact) mass is 877 g/mol. The second-order valence-corrected chi connectivity index (χ2v) is 17.9. The molecule has 11 aromatic carbocycles. The predicted molar refractivity (Wildman–Crippen MR) is 285 cm³/mol. The Bertz CT molecular complexity index is 3850. The van der Waals surface area contributed by atoms with Crippen molar-refractivity contribution in [3.05, 3.63) is 283 Å². The highest BCUT2D eigenvalue weighted by molar-refractivity contribution is 5.98. The lowest BCUT2D eigenvalue weighted by Crippen LogP contribution is -2.28. The average Bonchev–Trinajstić information content (AvgIpc) is 3.73. The molecule has 3 heteroatoms. The maximum absolute atomic E-state index is 5.38. The van der Waals surface area contributed by atoms with Gasteiger partial charge in [-0.3, -0.25) is 0 Å². The molecular weight excluding hydrogens is 835 g/mol. The molecule has 1 aliphatic rings. The Balaban J connectivity index is 0.976. The van der Waals surface area contributed by atoms with Crippen molar-refractivity contribution in [3.63, 3.8) is 0 Å². The Morgan fingerprint density at radius 1 is 0.232 bits per heavy atom. The van der Waals surface area contributed by atoms with Gasteiger partial charge in [-0.2, -0.15) is 0 Å². The molecule has 0 fully saturated rings. The molecule has 0 atom stereocenters. The minimum atomic E-state index is -0.562. The van der Waals surface area contributed by atoms with Gasteiger partial charge in [0.1, 0.15) is 0 Å². The van der Waals surface area contributed by atoms with Crippen molar-refractivity contribution in [1.82, 2.24) is 15.0 Å². The van der Waals surface area contributed by atoms with Crippen LogP contribution < -0.4 is 0 Å². The van der Waals surface area contributed by atoms with Crippen molar-refractivity contribution >= 4 is 21.5 Å². The third-order valence-electron chi connectivity index (χ3n) is 14.0. The number of rotatable bonds is 8. The van der Waals surface area contributed by atoms with Gasteiger partial charge in [-0.15, -0.1) is 0 Å². The first-order valence-electron chi connectivity index (χ1n) is 23.6. The molecule has 322 valence electrons. The van der Waals surface area contributed by atoms with Gasteiger partial charge in [-0.05, 0) is 107 Å². The van der Waals surface area contributed by atoms with Gasteiger partial charge in [0, 0.05) is 16.7 Å². The molecule has 1 aliphatic carbocycles. The molecular formula is C66H43N3. The Morgan fingerprint density at radius 3 is 1.26 bits per heavy atom. The molecule has 0 amide bonds. The molecule has 0 radical (unpaired) electrons. The Hall–Kier alpha value is -9.05. The van der Waals surface area contributed by atoms with Gasteiger partial charge in [0.2, 0.25) is 0 Å². The van der Waals surface area contributed by atoms with Crippen LogP contribution in [0.15, 0.2) is 261 Å². The minimum absolute atomic E-state index is 0.562. The van der Waals surface area contributed by atoms with Crippen LogP contribution in [0.25, 0.3) is 100 Å². The number of benzene rings is 11. The Labute approximate surface area is 401 Å². The fraction of sp³-hybridized carbons (Fsp3) is 0.0152. The molecule has 1 heterocycles. The van der Waals surface area contributed by atoms with Gasteiger partial charge in [-0.1, -0.05) is 243 Å². The summed E-state index contributed by atoms with van der Waals surface area (Å²) in [4.78, 5) is 16.1. The first kappa shape index (κ1) is 40.2. The van der Waals surface area contributed by atoms with E-state index in [1.807, 2.05) is 0 Å². The van der Waals surface area contributed by atoms with E-state index in [1.54, 1.807) is 0 Å². The third kappa shape index (κ3) is 6.86. The highest BCUT2D eigenvalue weighted by atomic mass is 15.0. The van der Waals surface area contributed by atoms with Crippen LogP contribution in [0.2, 0.25) is 0 Å². The summed E-state index contributed by atoms with van der Waals surface area (Å²) in [6.45, 7) is 0. The number of nitrogens with zero attached hydrogens (tertiary/aromatic N) is 3. The number of hydrogen-bond donors (Lipinski definition) is 0. The Morgan fingerprint density at radius 2 is 0.638 bits per heavy atom. The normalized spacial score (nSPS) is 12.5. The number of fused-ring (bicyclic) bond motifs is 5. The highest BCUT2D eigenvalue weighted by Crippen LogP contribution is 2.56. The van der Waals surface area contributed by atoms with Crippen LogP contribution in [0.5, 0.6) is 0 Å². The van der Waals surface area contributed by atoms with Gasteiger partial charge < -0.3 is 0 Å². The van der Waals surface area contributed by atoms with Crippen LogP contribution in [0.4, 0.5) is 0 Å². The minimum Gasteiger partial charge on any atom is -0.208 e. The summed E-state index contributed by atoms with van der Waals surface area (Å²) in [5.74, 6) is 1.84. The number of hydrogen-bond acceptors (Lipinski definition) is 3. The van der Waals surface area contributed by atoms with E-state index in [0.29, 0.717) is 17.5 Å². The van der Waals surface area contributed by atoms with Crippen LogP contribution in [0.1, 0.15) is 22.3 Å². The zero-order valence-electron chi connectivity index (χ0n) is 37.7. The first-order valence-corrected chi connectivity index (χ1v) is 23.6. The van der Waals surface area contributed by atoms with E-state index in [1.165, 1.54) is 71.6 Å². The molecule has 1 aromatic heterocycles. The van der Waals surface area contributed by atoms with Gasteiger partial charge in [0.25, 0.3) is 0 Å². The van der Waals surface area contributed by atoms with Crippen molar-refractivity contribution < 1.29 is 0 Å². The molecule has 0 spiro atoms. The smallest absolute Gasteiger partial charge is 0.164 e. The molecule has 13 rings (SSSR count). The summed E-state index contributed by atoms with van der Waals surface area (Å²) in [5.41, 5.74) is 16.4. The van der Waals surface area contributed by atoms with Crippen LogP contribution in [-0.4, -0.2) is 15.0 Å². The molecule has 69 heavy (non-hydrogen) atoms. The fourth-order valence-corrected chi connectivity index (χ4v) is 10.8. The fourth-order valence-electron chi connectivity index (χ4n) is 10.8. The maximum atomic E-state index is 5.38. The van der Waals surface area contributed by atoms with Crippen molar-refractivity contribution in [3.8, 4) is 78.7 Å². The van der Waals surface area contributed by atoms with Crippen LogP contribution in [-0.2, 0) is 5.41 Å². The SMILES string of the molecule is c1ccc(C2(c3ccccc3)c3ccccc3-c3ccc(-c4nc(-c5cccc(-c6ccc(-c7cccc8ccccc78)cc6)c5)nc(-c5cccc(-c6cccc7ccccc67)c5)n4)cc32)cc1. The summed E-state index contributed by atoms with van der Waals surface area (Å²) in [6.07, 6.45) is 0. The summed E-state index contributed by atoms with van der Waals surface area (Å²) in [5, 5.41) is 4.89. The Kier molecular flexibility index (Phi) is 9.73. The second kappa shape index (κ2) is 16.7. The molecule has 0 saturated heterocycles. The van der Waals surface area contributed by atoms with Crippen LogP contribution >= 0.6 is 0 Å². The first-order chi connectivity index (χ1) is 34.2. The van der Waals surface area contributed by atoms with Crippen molar-refractivity contribution in [2.45, 2.75) is 5.41 Å². The second-order valence-electron chi connectivity index (χ2n) is 17.9. The average molecular weight is 878 g/mol. The maximum Gasteiger partial charge on any atom is 0.164 e. The lowest BCUT2D eigenvalue weighted by Gasteiger charge is -2.34. The summed E-state index contributed by atoms with van der Waals surface area (Å²) in [7, 11) is 0. The number of aromatic nitrogens is 3. The van der Waals surface area contributed by atoms with E-state index >= 15 is 0 Å². The van der Waals surface area contributed by atoms with E-state index in [9.17, 15) is 0 Å². The van der Waals surface area contributed by atoms with Crippen molar-refractivity contribution in [2.24, 2.45) is 0 Å². The lowest BCUT2D eigenvalue weighted by atomic mass is 9.67.